The summed E-state index contributed by atoms with van der Waals surface area (Å²) >= 11 is 0. The van der Waals surface area contributed by atoms with E-state index in [4.69, 9.17) is 4.74 Å². The van der Waals surface area contributed by atoms with Crippen LogP contribution in [-0.4, -0.2) is 62.7 Å². The topological polar surface area (TPSA) is 67.7 Å². The molecule has 0 spiro atoms. The first-order valence-electron chi connectivity index (χ1n) is 8.92. The number of rotatable bonds is 3. The van der Waals surface area contributed by atoms with Crippen LogP contribution in [0.4, 0.5) is 0 Å². The third kappa shape index (κ3) is 3.29. The van der Waals surface area contributed by atoms with Crippen LogP contribution in [-0.2, 0) is 21.4 Å². The van der Waals surface area contributed by atoms with E-state index < -0.39 is 0 Å². The summed E-state index contributed by atoms with van der Waals surface area (Å²) in [7, 11) is 1.85. The Bertz CT molecular complexity index is 667. The average Bonchev–Trinajstić information content (AvgIpc) is 3.12. The molecule has 2 fully saturated rings. The van der Waals surface area contributed by atoms with Crippen LogP contribution in [0.2, 0.25) is 0 Å². The molecule has 0 aromatic carbocycles. The zero-order valence-corrected chi connectivity index (χ0v) is 15.7. The fourth-order valence-corrected chi connectivity index (χ4v) is 4.31. The van der Waals surface area contributed by atoms with Gasteiger partial charge in [0.15, 0.2) is 0 Å². The van der Waals surface area contributed by atoms with E-state index >= 15 is 0 Å². The molecule has 138 valence electrons. The molecule has 1 aromatic heterocycles. The molecule has 2 aliphatic heterocycles. The highest BCUT2D eigenvalue weighted by atomic mass is 16.5. The first-order chi connectivity index (χ1) is 11.7. The maximum Gasteiger partial charge on any atom is 0.242 e. The zero-order chi connectivity index (χ0) is 18.4. The Morgan fingerprint density at radius 3 is 2.68 bits per heavy atom. The van der Waals surface area contributed by atoms with Gasteiger partial charge in [0.2, 0.25) is 11.8 Å². The summed E-state index contributed by atoms with van der Waals surface area (Å²) in [6, 6.07) is 0.123. The van der Waals surface area contributed by atoms with Crippen LogP contribution in [0.3, 0.4) is 0 Å². The van der Waals surface area contributed by atoms with Gasteiger partial charge >= 0.3 is 0 Å². The van der Waals surface area contributed by atoms with E-state index in [-0.39, 0.29) is 42.0 Å². The first kappa shape index (κ1) is 17.9. The van der Waals surface area contributed by atoms with Crippen LogP contribution in [0.15, 0.2) is 12.4 Å². The van der Waals surface area contributed by atoms with Gasteiger partial charge < -0.3 is 14.5 Å². The molecule has 0 saturated carbocycles. The number of ether oxygens (including phenoxy) is 1. The maximum absolute atomic E-state index is 13.1. The van der Waals surface area contributed by atoms with Gasteiger partial charge in [0.05, 0.1) is 30.3 Å². The largest absolute Gasteiger partial charge is 0.373 e. The minimum Gasteiger partial charge on any atom is -0.373 e. The number of aryl methyl sites for hydroxylation is 1. The molecule has 7 heteroatoms. The van der Waals surface area contributed by atoms with E-state index in [2.05, 4.69) is 5.10 Å². The van der Waals surface area contributed by atoms with E-state index in [1.807, 2.05) is 45.8 Å². The second-order valence-electron chi connectivity index (χ2n) is 8.00. The summed E-state index contributed by atoms with van der Waals surface area (Å²) in [6.45, 7) is 9.32. The molecule has 0 unspecified atom stereocenters. The molecule has 0 radical (unpaired) electrons. The molecule has 0 aliphatic carbocycles. The van der Waals surface area contributed by atoms with Gasteiger partial charge in [-0.15, -0.1) is 0 Å². The minimum atomic E-state index is -0.373. The number of carbonyl (C=O) groups is 2. The molecular weight excluding hydrogens is 320 g/mol. The number of hydrogen-bond acceptors (Lipinski definition) is 4. The lowest BCUT2D eigenvalue weighted by molar-refractivity contribution is -0.158. The van der Waals surface area contributed by atoms with Crippen molar-refractivity contribution in [1.29, 1.82) is 0 Å². The summed E-state index contributed by atoms with van der Waals surface area (Å²) in [4.78, 5) is 29.4. The van der Waals surface area contributed by atoms with E-state index in [1.165, 1.54) is 0 Å². The molecule has 7 nitrogen and oxygen atoms in total. The number of nitrogens with zero attached hydrogens (tertiary/aromatic N) is 4. The van der Waals surface area contributed by atoms with Crippen molar-refractivity contribution in [3.63, 3.8) is 0 Å². The van der Waals surface area contributed by atoms with Crippen LogP contribution in [0.1, 0.15) is 45.8 Å². The molecule has 2 saturated heterocycles. The molecule has 1 aromatic rings. The van der Waals surface area contributed by atoms with Gasteiger partial charge in [0.25, 0.3) is 0 Å². The predicted molar refractivity (Wildman–Crippen MR) is 92.6 cm³/mol. The number of piperazine rings is 1. The van der Waals surface area contributed by atoms with Gasteiger partial charge in [-0.25, -0.2) is 0 Å². The van der Waals surface area contributed by atoms with Crippen molar-refractivity contribution in [2.24, 2.45) is 13.0 Å². The lowest BCUT2D eigenvalue weighted by atomic mass is 9.92. The first-order valence-corrected chi connectivity index (χ1v) is 8.92. The summed E-state index contributed by atoms with van der Waals surface area (Å²) in [6.07, 6.45) is 4.05. The van der Waals surface area contributed by atoms with E-state index in [9.17, 15) is 9.59 Å². The number of amides is 2. The van der Waals surface area contributed by atoms with E-state index in [0.29, 0.717) is 19.6 Å². The molecular formula is C18H28N4O3. The third-order valence-electron chi connectivity index (χ3n) is 5.12. The van der Waals surface area contributed by atoms with Crippen molar-refractivity contribution in [2.75, 3.05) is 19.7 Å². The number of aromatic nitrogens is 2. The van der Waals surface area contributed by atoms with Gasteiger partial charge in [-0.2, -0.15) is 5.10 Å². The van der Waals surface area contributed by atoms with Gasteiger partial charge in [0, 0.05) is 38.0 Å². The Kier molecular flexibility index (Phi) is 4.62. The summed E-state index contributed by atoms with van der Waals surface area (Å²) < 4.78 is 7.53. The van der Waals surface area contributed by atoms with Crippen LogP contribution in [0.25, 0.3) is 0 Å². The van der Waals surface area contributed by atoms with Crippen LogP contribution in [0, 0.1) is 5.92 Å². The van der Waals surface area contributed by atoms with Crippen LogP contribution < -0.4 is 0 Å². The highest BCUT2D eigenvalue weighted by Crippen LogP contribution is 2.36. The Hall–Kier alpha value is -1.89. The van der Waals surface area contributed by atoms with Crippen molar-refractivity contribution in [1.82, 2.24) is 19.6 Å². The highest BCUT2D eigenvalue weighted by Gasteiger charge is 2.45. The smallest absolute Gasteiger partial charge is 0.242 e. The van der Waals surface area contributed by atoms with Gasteiger partial charge in [-0.05, 0) is 34.1 Å². The van der Waals surface area contributed by atoms with E-state index in [0.717, 1.165) is 5.56 Å². The lowest BCUT2D eigenvalue weighted by Crippen LogP contribution is -2.65. The Labute approximate surface area is 148 Å². The van der Waals surface area contributed by atoms with Crippen LogP contribution >= 0.6 is 0 Å². The van der Waals surface area contributed by atoms with E-state index in [1.54, 1.807) is 15.8 Å². The Morgan fingerprint density at radius 2 is 2.12 bits per heavy atom. The fourth-order valence-electron chi connectivity index (χ4n) is 4.31. The second-order valence-corrected chi connectivity index (χ2v) is 8.00. The minimum absolute atomic E-state index is 0.0104. The molecule has 0 bridgehead atoms. The SMILES string of the molecule is CC(C)N1C(=O)CN(C(=O)[C@H]2CCO[C@@H]2c2cnn(C)c2)CC1(C)C. The molecule has 0 N–H and O–H groups in total. The maximum atomic E-state index is 13.1. The zero-order valence-electron chi connectivity index (χ0n) is 15.7. The third-order valence-corrected chi connectivity index (χ3v) is 5.12. The van der Waals surface area contributed by atoms with Crippen molar-refractivity contribution in [3.05, 3.63) is 18.0 Å². The Balaban J connectivity index is 1.78. The molecule has 3 rings (SSSR count). The Morgan fingerprint density at radius 1 is 1.40 bits per heavy atom. The standard InChI is InChI=1S/C18H28N4O3/c1-12(2)22-15(23)10-21(11-18(22,3)4)17(24)14-6-7-25-16(14)13-8-19-20(5)9-13/h8-9,12,14,16H,6-7,10-11H2,1-5H3/t14-,16+/m0/s1. The fraction of sp³-hybridized carbons (Fsp3) is 0.722. The summed E-state index contributed by atoms with van der Waals surface area (Å²) in [5.74, 6) is -0.231. The highest BCUT2D eigenvalue weighted by molar-refractivity contribution is 5.88. The van der Waals surface area contributed by atoms with Crippen molar-refractivity contribution < 1.29 is 14.3 Å². The van der Waals surface area contributed by atoms with Gasteiger partial charge in [-0.1, -0.05) is 0 Å². The lowest BCUT2D eigenvalue weighted by Gasteiger charge is -2.49. The molecule has 2 amide bonds. The van der Waals surface area contributed by atoms with Gasteiger partial charge in [0.1, 0.15) is 0 Å². The van der Waals surface area contributed by atoms with Crippen molar-refractivity contribution >= 4 is 11.8 Å². The molecule has 25 heavy (non-hydrogen) atoms. The normalized spacial score (nSPS) is 26.6. The number of hydrogen-bond donors (Lipinski definition) is 0. The number of carbonyl (C=O) groups excluding carboxylic acids is 2. The van der Waals surface area contributed by atoms with Crippen LogP contribution in [0.5, 0.6) is 0 Å². The average molecular weight is 348 g/mol. The van der Waals surface area contributed by atoms with Crippen molar-refractivity contribution in [3.8, 4) is 0 Å². The predicted octanol–water partition coefficient (Wildman–Crippen LogP) is 1.36. The van der Waals surface area contributed by atoms with Crippen molar-refractivity contribution in [2.45, 2.75) is 51.8 Å². The molecule has 3 heterocycles. The summed E-state index contributed by atoms with van der Waals surface area (Å²) in [5.41, 5.74) is 0.548. The van der Waals surface area contributed by atoms with Gasteiger partial charge in [-0.3, -0.25) is 14.3 Å². The second kappa shape index (κ2) is 6.44. The molecule has 2 aliphatic rings. The summed E-state index contributed by atoms with van der Waals surface area (Å²) in [5, 5.41) is 4.18. The quantitative estimate of drug-likeness (QED) is 0.827. The molecule has 2 atom stereocenters. The monoisotopic (exact) mass is 348 g/mol.